The lowest BCUT2D eigenvalue weighted by Crippen LogP contribution is -2.26. The van der Waals surface area contributed by atoms with Crippen LogP contribution in [0, 0.1) is 5.82 Å². The number of rotatable bonds is 4. The van der Waals surface area contributed by atoms with Gasteiger partial charge >= 0.3 is 0 Å². The van der Waals surface area contributed by atoms with Gasteiger partial charge < -0.3 is 10.3 Å². The Bertz CT molecular complexity index is 1490. The Kier molecular flexibility index (Phi) is 4.97. The van der Waals surface area contributed by atoms with E-state index in [1.54, 1.807) is 30.2 Å². The molecule has 0 spiro atoms. The first kappa shape index (κ1) is 20.3. The van der Waals surface area contributed by atoms with Crippen molar-refractivity contribution in [1.29, 1.82) is 0 Å². The van der Waals surface area contributed by atoms with Crippen LogP contribution in [0.1, 0.15) is 28.9 Å². The summed E-state index contributed by atoms with van der Waals surface area (Å²) in [6, 6.07) is 12.1. The minimum atomic E-state index is -0.335. The van der Waals surface area contributed by atoms with Gasteiger partial charge in [-0.25, -0.2) is 14.4 Å². The molecule has 2 aromatic carbocycles. The molecule has 0 saturated carbocycles. The Hall–Kier alpha value is -3.59. The molecule has 0 saturated heterocycles. The van der Waals surface area contributed by atoms with Gasteiger partial charge in [-0.15, -0.1) is 0 Å². The van der Waals surface area contributed by atoms with E-state index in [2.05, 4.69) is 41.3 Å². The van der Waals surface area contributed by atoms with E-state index in [4.69, 9.17) is 0 Å². The second-order valence-electron chi connectivity index (χ2n) is 7.54. The lowest BCUT2D eigenvalue weighted by Gasteiger charge is -2.14. The van der Waals surface area contributed by atoms with E-state index in [1.165, 1.54) is 12.1 Å². The largest absolute Gasteiger partial charge is 0.345 e. The molecule has 0 bridgehead atoms. The molecule has 5 rings (SSSR count). The van der Waals surface area contributed by atoms with Crippen LogP contribution < -0.4 is 5.32 Å². The maximum atomic E-state index is 13.7. The number of H-pyrrole nitrogens is 1. The van der Waals surface area contributed by atoms with E-state index in [9.17, 15) is 9.18 Å². The summed E-state index contributed by atoms with van der Waals surface area (Å²) < 4.78 is 16.2. The third kappa shape index (κ3) is 3.54. The van der Waals surface area contributed by atoms with E-state index in [1.807, 2.05) is 31.2 Å². The van der Waals surface area contributed by atoms with Crippen LogP contribution in [0.5, 0.6) is 0 Å². The van der Waals surface area contributed by atoms with Crippen molar-refractivity contribution in [1.82, 2.24) is 30.0 Å². The lowest BCUT2D eigenvalue weighted by molar-refractivity contribution is 0.0941. The Morgan fingerprint density at radius 3 is 2.91 bits per heavy atom. The molecule has 0 fully saturated rings. The van der Waals surface area contributed by atoms with Crippen LogP contribution >= 0.6 is 15.9 Å². The molecule has 0 aliphatic carbocycles. The summed E-state index contributed by atoms with van der Waals surface area (Å²) in [5.74, 6) is -0.596. The van der Waals surface area contributed by atoms with Crippen molar-refractivity contribution in [2.75, 3.05) is 0 Å². The van der Waals surface area contributed by atoms with Gasteiger partial charge in [0.25, 0.3) is 5.91 Å². The molecule has 160 valence electrons. The number of nitrogens with one attached hydrogen (secondary N) is 2. The van der Waals surface area contributed by atoms with Crippen LogP contribution in [0.25, 0.3) is 33.5 Å². The van der Waals surface area contributed by atoms with Crippen molar-refractivity contribution >= 4 is 43.9 Å². The average molecular weight is 493 g/mol. The zero-order valence-corrected chi connectivity index (χ0v) is 18.8. The standard InChI is InChI=1S/C23H18BrFN6O/c1-12(13-4-3-5-14(24)8-13)28-23(32)17-10-26-22-21(17)29-18(11-27-22)20-16-7-6-15(25)9-19(16)31(2)30-20/h3-12H,1-2H3,(H,26,27)(H,28,32). The van der Waals surface area contributed by atoms with Gasteiger partial charge in [0.15, 0.2) is 5.65 Å². The van der Waals surface area contributed by atoms with Crippen molar-refractivity contribution < 1.29 is 9.18 Å². The highest BCUT2D eigenvalue weighted by atomic mass is 79.9. The molecule has 7 nitrogen and oxygen atoms in total. The number of nitrogens with zero attached hydrogens (tertiary/aromatic N) is 4. The van der Waals surface area contributed by atoms with E-state index in [-0.39, 0.29) is 17.8 Å². The van der Waals surface area contributed by atoms with Crippen LogP contribution in [0.3, 0.4) is 0 Å². The van der Waals surface area contributed by atoms with E-state index in [0.717, 1.165) is 15.4 Å². The minimum Gasteiger partial charge on any atom is -0.345 e. The third-order valence-corrected chi connectivity index (χ3v) is 5.87. The van der Waals surface area contributed by atoms with Crippen molar-refractivity contribution in [3.63, 3.8) is 0 Å². The fourth-order valence-corrected chi connectivity index (χ4v) is 4.15. The predicted octanol–water partition coefficient (Wildman–Crippen LogP) is 4.90. The second-order valence-corrected chi connectivity index (χ2v) is 8.45. The number of benzene rings is 2. The zero-order valence-electron chi connectivity index (χ0n) is 17.2. The summed E-state index contributed by atoms with van der Waals surface area (Å²) in [4.78, 5) is 25.1. The first-order valence-electron chi connectivity index (χ1n) is 9.94. The Morgan fingerprint density at radius 2 is 2.09 bits per heavy atom. The van der Waals surface area contributed by atoms with Crippen LogP contribution in [0.15, 0.2) is 59.3 Å². The first-order valence-corrected chi connectivity index (χ1v) is 10.7. The van der Waals surface area contributed by atoms with E-state index >= 15 is 0 Å². The monoisotopic (exact) mass is 492 g/mol. The zero-order chi connectivity index (χ0) is 22.4. The SMILES string of the molecule is CC(NC(=O)c1c[nH]c2ncc(-c3nn(C)c4cc(F)ccc34)nc12)c1cccc(Br)c1. The molecular formula is C23H18BrFN6O. The predicted molar refractivity (Wildman–Crippen MR) is 124 cm³/mol. The number of hydrogen-bond donors (Lipinski definition) is 2. The highest BCUT2D eigenvalue weighted by Crippen LogP contribution is 2.28. The number of aromatic amines is 1. The highest BCUT2D eigenvalue weighted by Gasteiger charge is 2.19. The van der Waals surface area contributed by atoms with Crippen molar-refractivity contribution in [2.45, 2.75) is 13.0 Å². The lowest BCUT2D eigenvalue weighted by atomic mass is 10.1. The summed E-state index contributed by atoms with van der Waals surface area (Å²) in [6.07, 6.45) is 3.19. The molecule has 1 unspecified atom stereocenters. The quantitative estimate of drug-likeness (QED) is 0.373. The fraction of sp³-hybridized carbons (Fsp3) is 0.130. The van der Waals surface area contributed by atoms with Crippen LogP contribution in [0.4, 0.5) is 4.39 Å². The minimum absolute atomic E-state index is 0.198. The topological polar surface area (TPSA) is 88.5 Å². The Balaban J connectivity index is 1.51. The van der Waals surface area contributed by atoms with Crippen molar-refractivity contribution in [2.24, 2.45) is 7.05 Å². The Morgan fingerprint density at radius 1 is 1.25 bits per heavy atom. The number of halogens is 2. The molecule has 9 heteroatoms. The number of carbonyl (C=O) groups excluding carboxylic acids is 1. The number of carbonyl (C=O) groups is 1. The summed E-state index contributed by atoms with van der Waals surface area (Å²) in [7, 11) is 1.75. The molecule has 0 aliphatic rings. The fourth-order valence-electron chi connectivity index (χ4n) is 3.73. The molecule has 1 amide bonds. The Labute approximate surface area is 190 Å². The third-order valence-electron chi connectivity index (χ3n) is 5.38. The average Bonchev–Trinajstić information content (AvgIpc) is 3.34. The van der Waals surface area contributed by atoms with Gasteiger partial charge in [0.2, 0.25) is 0 Å². The van der Waals surface area contributed by atoms with Gasteiger partial charge in [0.05, 0.1) is 23.3 Å². The molecule has 0 aliphatic heterocycles. The number of amides is 1. The molecule has 32 heavy (non-hydrogen) atoms. The number of aryl methyl sites for hydroxylation is 1. The molecule has 0 radical (unpaired) electrons. The van der Waals surface area contributed by atoms with Crippen LogP contribution in [0.2, 0.25) is 0 Å². The molecule has 2 N–H and O–H groups in total. The summed E-state index contributed by atoms with van der Waals surface area (Å²) >= 11 is 3.46. The van der Waals surface area contributed by atoms with Crippen LogP contribution in [-0.2, 0) is 7.05 Å². The van der Waals surface area contributed by atoms with Gasteiger partial charge in [-0.05, 0) is 42.8 Å². The van der Waals surface area contributed by atoms with Gasteiger partial charge in [-0.1, -0.05) is 28.1 Å². The first-order chi connectivity index (χ1) is 15.4. The maximum absolute atomic E-state index is 13.7. The molecule has 1 atom stereocenters. The molecular weight excluding hydrogens is 475 g/mol. The number of hydrogen-bond acceptors (Lipinski definition) is 4. The van der Waals surface area contributed by atoms with E-state index in [0.29, 0.717) is 33.6 Å². The molecule has 3 heterocycles. The normalized spacial score (nSPS) is 12.4. The van der Waals surface area contributed by atoms with Gasteiger partial charge in [0, 0.05) is 23.1 Å². The molecule has 5 aromatic rings. The molecule has 3 aromatic heterocycles. The summed E-state index contributed by atoms with van der Waals surface area (Å²) in [5.41, 5.74) is 4.05. The second kappa shape index (κ2) is 7.83. The number of aromatic nitrogens is 5. The van der Waals surface area contributed by atoms with Gasteiger partial charge in [-0.2, -0.15) is 5.10 Å². The smallest absolute Gasteiger partial charge is 0.255 e. The number of fused-ring (bicyclic) bond motifs is 2. The van der Waals surface area contributed by atoms with Crippen LogP contribution in [-0.4, -0.2) is 30.6 Å². The van der Waals surface area contributed by atoms with Gasteiger partial charge in [-0.3, -0.25) is 9.48 Å². The highest BCUT2D eigenvalue weighted by molar-refractivity contribution is 9.10. The summed E-state index contributed by atoms with van der Waals surface area (Å²) in [5, 5.41) is 8.26. The van der Waals surface area contributed by atoms with Crippen molar-refractivity contribution in [3.8, 4) is 11.4 Å². The van der Waals surface area contributed by atoms with Crippen molar-refractivity contribution in [3.05, 3.63) is 76.3 Å². The summed E-state index contributed by atoms with van der Waals surface area (Å²) in [6.45, 7) is 1.92. The van der Waals surface area contributed by atoms with Gasteiger partial charge in [0.1, 0.15) is 22.7 Å². The maximum Gasteiger partial charge on any atom is 0.255 e. The van der Waals surface area contributed by atoms with E-state index < -0.39 is 0 Å².